The Kier molecular flexibility index (Phi) is 5.02. The molecule has 76 valence electrons. The fraction of sp³-hybridized carbons (Fsp3) is 0.889. The van der Waals surface area contributed by atoms with Crippen LogP contribution < -0.4 is 5.32 Å². The molecule has 0 aromatic carbocycles. The topological polar surface area (TPSA) is 29.1 Å². The number of hydrogen-bond acceptors (Lipinski definition) is 3. The lowest BCUT2D eigenvalue weighted by Gasteiger charge is -2.28. The number of hydrogen-bond donors (Lipinski definition) is 2. The highest BCUT2D eigenvalue weighted by Gasteiger charge is 2.21. The van der Waals surface area contributed by atoms with Gasteiger partial charge in [-0.2, -0.15) is 24.4 Å². The van der Waals surface area contributed by atoms with Gasteiger partial charge in [0.25, 0.3) is 0 Å². The molecule has 0 aromatic rings. The summed E-state index contributed by atoms with van der Waals surface area (Å²) < 4.78 is 0. The molecule has 13 heavy (non-hydrogen) atoms. The molecule has 0 radical (unpaired) electrons. The molecule has 1 rings (SSSR count). The SMILES string of the molecule is CSC1CCCC(NC(=O)CS)C1. The lowest BCUT2D eigenvalue weighted by molar-refractivity contribution is -0.119. The lowest BCUT2D eigenvalue weighted by Crippen LogP contribution is -2.39. The number of thiol groups is 1. The van der Waals surface area contributed by atoms with Crippen LogP contribution in [0.25, 0.3) is 0 Å². The Balaban J connectivity index is 2.29. The quantitative estimate of drug-likeness (QED) is 0.708. The van der Waals surface area contributed by atoms with Crippen molar-refractivity contribution >= 4 is 30.3 Å². The van der Waals surface area contributed by atoms with Crippen molar-refractivity contribution in [2.24, 2.45) is 0 Å². The fourth-order valence-electron chi connectivity index (χ4n) is 1.76. The van der Waals surface area contributed by atoms with Gasteiger partial charge in [-0.05, 0) is 25.5 Å². The highest BCUT2D eigenvalue weighted by atomic mass is 32.2. The summed E-state index contributed by atoms with van der Waals surface area (Å²) in [5, 5.41) is 3.74. The van der Waals surface area contributed by atoms with Crippen molar-refractivity contribution in [3.63, 3.8) is 0 Å². The molecule has 1 aliphatic carbocycles. The molecule has 1 amide bonds. The second-order valence-corrected chi connectivity index (χ2v) is 4.90. The zero-order chi connectivity index (χ0) is 9.68. The van der Waals surface area contributed by atoms with Crippen LogP contribution >= 0.6 is 24.4 Å². The summed E-state index contributed by atoms with van der Waals surface area (Å²) in [6.07, 6.45) is 6.95. The third-order valence-corrected chi connectivity index (χ3v) is 3.85. The first kappa shape index (κ1) is 11.2. The largest absolute Gasteiger partial charge is 0.353 e. The molecule has 0 bridgehead atoms. The smallest absolute Gasteiger partial charge is 0.229 e. The van der Waals surface area contributed by atoms with E-state index in [1.807, 2.05) is 11.8 Å². The number of rotatable bonds is 3. The molecule has 0 spiro atoms. The molecule has 1 saturated carbocycles. The highest BCUT2D eigenvalue weighted by Crippen LogP contribution is 2.26. The van der Waals surface area contributed by atoms with Gasteiger partial charge >= 0.3 is 0 Å². The van der Waals surface area contributed by atoms with E-state index in [1.54, 1.807) is 0 Å². The van der Waals surface area contributed by atoms with Crippen molar-refractivity contribution < 1.29 is 4.79 Å². The maximum Gasteiger partial charge on any atom is 0.229 e. The third kappa shape index (κ3) is 3.81. The van der Waals surface area contributed by atoms with Crippen LogP contribution in [0, 0.1) is 0 Å². The molecule has 2 unspecified atom stereocenters. The Morgan fingerprint density at radius 3 is 3.00 bits per heavy atom. The van der Waals surface area contributed by atoms with Crippen molar-refractivity contribution in [3.05, 3.63) is 0 Å². The predicted molar refractivity (Wildman–Crippen MR) is 61.6 cm³/mol. The average molecular weight is 219 g/mol. The van der Waals surface area contributed by atoms with E-state index >= 15 is 0 Å². The molecule has 0 saturated heterocycles. The Labute approximate surface area is 89.6 Å². The summed E-state index contributed by atoms with van der Waals surface area (Å²) in [6, 6.07) is 0.394. The van der Waals surface area contributed by atoms with E-state index in [1.165, 1.54) is 12.8 Å². The van der Waals surface area contributed by atoms with E-state index in [0.29, 0.717) is 11.8 Å². The average Bonchev–Trinajstić information content (AvgIpc) is 2.18. The molecule has 2 nitrogen and oxygen atoms in total. The number of carbonyl (C=O) groups is 1. The Morgan fingerprint density at radius 2 is 2.38 bits per heavy atom. The summed E-state index contributed by atoms with van der Waals surface area (Å²) >= 11 is 5.86. The van der Waals surface area contributed by atoms with Gasteiger partial charge in [-0.1, -0.05) is 6.42 Å². The van der Waals surface area contributed by atoms with Crippen LogP contribution in [-0.2, 0) is 4.79 Å². The van der Waals surface area contributed by atoms with E-state index in [-0.39, 0.29) is 5.91 Å². The van der Waals surface area contributed by atoms with Gasteiger partial charge in [0.2, 0.25) is 5.91 Å². The first-order valence-corrected chi connectivity index (χ1v) is 6.61. The van der Waals surface area contributed by atoms with Crippen LogP contribution in [0.4, 0.5) is 0 Å². The Morgan fingerprint density at radius 1 is 1.62 bits per heavy atom. The molecule has 4 heteroatoms. The maximum atomic E-state index is 11.1. The van der Waals surface area contributed by atoms with Gasteiger partial charge in [0.1, 0.15) is 0 Å². The minimum absolute atomic E-state index is 0.0649. The van der Waals surface area contributed by atoms with E-state index < -0.39 is 0 Å². The van der Waals surface area contributed by atoms with Crippen LogP contribution in [0.1, 0.15) is 25.7 Å². The van der Waals surface area contributed by atoms with E-state index in [0.717, 1.165) is 18.1 Å². The van der Waals surface area contributed by atoms with Crippen molar-refractivity contribution in [1.29, 1.82) is 0 Å². The van der Waals surface area contributed by atoms with Crippen LogP contribution in [0.15, 0.2) is 0 Å². The third-order valence-electron chi connectivity index (χ3n) is 2.47. The van der Waals surface area contributed by atoms with Gasteiger partial charge in [-0.3, -0.25) is 4.79 Å². The van der Waals surface area contributed by atoms with Crippen LogP contribution in [0.3, 0.4) is 0 Å². The molecular formula is C9H17NOS2. The normalized spacial score (nSPS) is 28.5. The van der Waals surface area contributed by atoms with Gasteiger partial charge < -0.3 is 5.32 Å². The first-order chi connectivity index (χ1) is 6.26. The van der Waals surface area contributed by atoms with Crippen molar-refractivity contribution in [2.45, 2.75) is 37.0 Å². The van der Waals surface area contributed by atoms with Crippen LogP contribution in [0.2, 0.25) is 0 Å². The van der Waals surface area contributed by atoms with Crippen molar-refractivity contribution in [1.82, 2.24) is 5.32 Å². The summed E-state index contributed by atoms with van der Waals surface area (Å²) in [4.78, 5) is 11.1. The van der Waals surface area contributed by atoms with E-state index in [4.69, 9.17) is 0 Å². The maximum absolute atomic E-state index is 11.1. The minimum atomic E-state index is 0.0649. The number of carbonyl (C=O) groups excluding carboxylic acids is 1. The van der Waals surface area contributed by atoms with Gasteiger partial charge in [0.05, 0.1) is 5.75 Å². The fourth-order valence-corrected chi connectivity index (χ4v) is 2.68. The van der Waals surface area contributed by atoms with E-state index in [2.05, 4.69) is 24.2 Å². The molecular weight excluding hydrogens is 202 g/mol. The molecule has 0 aromatic heterocycles. The molecule has 1 aliphatic rings. The summed E-state index contributed by atoms with van der Waals surface area (Å²) in [6.45, 7) is 0. The highest BCUT2D eigenvalue weighted by molar-refractivity contribution is 7.99. The van der Waals surface area contributed by atoms with Gasteiger partial charge in [0, 0.05) is 11.3 Å². The Bertz CT molecular complexity index is 175. The summed E-state index contributed by atoms with van der Waals surface area (Å²) in [5.41, 5.74) is 0. The monoisotopic (exact) mass is 219 g/mol. The van der Waals surface area contributed by atoms with Gasteiger partial charge in [-0.15, -0.1) is 0 Å². The predicted octanol–water partition coefficient (Wildman–Crippen LogP) is 1.71. The second-order valence-electron chi connectivity index (χ2n) is 3.45. The molecule has 0 aliphatic heterocycles. The van der Waals surface area contributed by atoms with Gasteiger partial charge in [-0.25, -0.2) is 0 Å². The van der Waals surface area contributed by atoms with Crippen LogP contribution in [0.5, 0.6) is 0 Å². The summed E-state index contributed by atoms with van der Waals surface area (Å²) in [5.74, 6) is 0.371. The van der Waals surface area contributed by atoms with Crippen molar-refractivity contribution in [2.75, 3.05) is 12.0 Å². The number of amides is 1. The van der Waals surface area contributed by atoms with Crippen molar-refractivity contribution in [3.8, 4) is 0 Å². The van der Waals surface area contributed by atoms with Gasteiger partial charge in [0.15, 0.2) is 0 Å². The number of nitrogens with one attached hydrogen (secondary N) is 1. The molecule has 0 heterocycles. The standard InChI is InChI=1S/C9H17NOS2/c1-13-8-4-2-3-7(5-8)10-9(11)6-12/h7-8,12H,2-6H2,1H3,(H,10,11). The Hall–Kier alpha value is 0.170. The molecule has 1 N–H and O–H groups in total. The lowest BCUT2D eigenvalue weighted by atomic mass is 9.95. The van der Waals surface area contributed by atoms with Crippen LogP contribution in [-0.4, -0.2) is 29.2 Å². The zero-order valence-electron chi connectivity index (χ0n) is 7.95. The second kappa shape index (κ2) is 5.81. The molecule has 1 fully saturated rings. The number of thioether (sulfide) groups is 1. The first-order valence-electron chi connectivity index (χ1n) is 4.69. The molecule has 2 atom stereocenters. The zero-order valence-corrected chi connectivity index (χ0v) is 9.66. The summed E-state index contributed by atoms with van der Waals surface area (Å²) in [7, 11) is 0. The minimum Gasteiger partial charge on any atom is -0.353 e. The van der Waals surface area contributed by atoms with E-state index in [9.17, 15) is 4.79 Å².